The summed E-state index contributed by atoms with van der Waals surface area (Å²) in [4.78, 5) is 15.9. The number of aryl methyl sites for hydroxylation is 1. The second-order valence-electron chi connectivity index (χ2n) is 7.41. The van der Waals surface area contributed by atoms with E-state index in [9.17, 15) is 4.79 Å². The summed E-state index contributed by atoms with van der Waals surface area (Å²) in [7, 11) is 0. The standard InChI is InChI=1S/C24H24N2O2/c1-15(2)18-9-6-7-16(3)24(18)26-23(27)14-28-17-11-12-20-19-8-4-5-10-21(19)25-22(20)13-17/h4-13,15,25H,14H2,1-3H3,(H,26,27). The van der Waals surface area contributed by atoms with Gasteiger partial charge in [0, 0.05) is 28.0 Å². The van der Waals surface area contributed by atoms with Crippen LogP contribution < -0.4 is 10.1 Å². The molecule has 2 N–H and O–H groups in total. The maximum absolute atomic E-state index is 12.5. The Hall–Kier alpha value is -3.27. The fourth-order valence-electron chi connectivity index (χ4n) is 3.59. The van der Waals surface area contributed by atoms with Crippen molar-refractivity contribution in [1.29, 1.82) is 0 Å². The molecule has 0 aliphatic heterocycles. The number of anilines is 1. The minimum Gasteiger partial charge on any atom is -0.484 e. The van der Waals surface area contributed by atoms with Crippen LogP contribution in [0, 0.1) is 6.92 Å². The lowest BCUT2D eigenvalue weighted by Gasteiger charge is -2.16. The lowest BCUT2D eigenvalue weighted by molar-refractivity contribution is -0.118. The van der Waals surface area contributed by atoms with Gasteiger partial charge >= 0.3 is 0 Å². The molecular formula is C24H24N2O2. The SMILES string of the molecule is Cc1cccc(C(C)C)c1NC(=O)COc1ccc2c(c1)[nH]c1ccccc12. The number of nitrogens with one attached hydrogen (secondary N) is 2. The van der Waals surface area contributed by atoms with Crippen LogP contribution in [0.25, 0.3) is 21.8 Å². The smallest absolute Gasteiger partial charge is 0.262 e. The second kappa shape index (κ2) is 7.39. The summed E-state index contributed by atoms with van der Waals surface area (Å²) in [5.74, 6) is 0.844. The topological polar surface area (TPSA) is 54.1 Å². The minimum absolute atomic E-state index is 0.0302. The van der Waals surface area contributed by atoms with Crippen molar-refractivity contribution in [1.82, 2.24) is 4.98 Å². The van der Waals surface area contributed by atoms with Gasteiger partial charge in [-0.2, -0.15) is 0 Å². The highest BCUT2D eigenvalue weighted by atomic mass is 16.5. The van der Waals surface area contributed by atoms with Crippen molar-refractivity contribution < 1.29 is 9.53 Å². The number of ether oxygens (including phenoxy) is 1. The molecular weight excluding hydrogens is 348 g/mol. The van der Waals surface area contributed by atoms with Gasteiger partial charge in [-0.05, 0) is 42.2 Å². The molecule has 0 radical (unpaired) electrons. The number of carbonyl (C=O) groups is 1. The maximum atomic E-state index is 12.5. The number of benzene rings is 3. The minimum atomic E-state index is -0.159. The number of amides is 1. The summed E-state index contributed by atoms with van der Waals surface area (Å²) in [5, 5.41) is 5.35. The molecule has 4 aromatic rings. The Balaban J connectivity index is 1.49. The van der Waals surface area contributed by atoms with Gasteiger partial charge in [0.2, 0.25) is 0 Å². The Morgan fingerprint density at radius 2 is 1.79 bits per heavy atom. The Labute approximate surface area is 164 Å². The number of aromatic nitrogens is 1. The summed E-state index contributed by atoms with van der Waals surface area (Å²) in [6.45, 7) is 6.22. The van der Waals surface area contributed by atoms with Gasteiger partial charge in [0.15, 0.2) is 6.61 Å². The third-order valence-electron chi connectivity index (χ3n) is 5.04. The first kappa shape index (κ1) is 18.1. The van der Waals surface area contributed by atoms with Crippen LogP contribution in [0.3, 0.4) is 0 Å². The number of rotatable bonds is 5. The van der Waals surface area contributed by atoms with E-state index in [1.54, 1.807) is 0 Å². The molecule has 0 spiro atoms. The molecule has 0 aliphatic carbocycles. The molecule has 3 aromatic carbocycles. The van der Waals surface area contributed by atoms with Crippen molar-refractivity contribution in [3.05, 3.63) is 71.8 Å². The second-order valence-corrected chi connectivity index (χ2v) is 7.41. The quantitative estimate of drug-likeness (QED) is 0.467. The molecule has 1 amide bonds. The van der Waals surface area contributed by atoms with E-state index in [0.29, 0.717) is 11.7 Å². The third-order valence-corrected chi connectivity index (χ3v) is 5.04. The summed E-state index contributed by atoms with van der Waals surface area (Å²) in [6, 6.07) is 20.1. The van der Waals surface area contributed by atoms with Gasteiger partial charge in [0.25, 0.3) is 5.91 Å². The number of hydrogen-bond donors (Lipinski definition) is 2. The number of fused-ring (bicyclic) bond motifs is 3. The molecule has 0 bridgehead atoms. The Morgan fingerprint density at radius 3 is 2.61 bits per heavy atom. The third kappa shape index (κ3) is 3.46. The average Bonchev–Trinajstić information content (AvgIpc) is 3.05. The normalized spacial score (nSPS) is 11.3. The van der Waals surface area contributed by atoms with Crippen molar-refractivity contribution in [3.8, 4) is 5.75 Å². The van der Waals surface area contributed by atoms with Crippen LogP contribution in [-0.2, 0) is 4.79 Å². The average molecular weight is 372 g/mol. The lowest BCUT2D eigenvalue weighted by Crippen LogP contribution is -2.21. The highest BCUT2D eigenvalue weighted by Crippen LogP contribution is 2.29. The first-order chi connectivity index (χ1) is 13.5. The molecule has 0 saturated heterocycles. The van der Waals surface area contributed by atoms with Gasteiger partial charge in [-0.3, -0.25) is 4.79 Å². The number of carbonyl (C=O) groups excluding carboxylic acids is 1. The van der Waals surface area contributed by atoms with Crippen molar-refractivity contribution in [2.45, 2.75) is 26.7 Å². The van der Waals surface area contributed by atoms with Gasteiger partial charge in [0.1, 0.15) is 5.75 Å². The predicted molar refractivity (Wildman–Crippen MR) is 115 cm³/mol. The van der Waals surface area contributed by atoms with E-state index in [-0.39, 0.29) is 12.5 Å². The van der Waals surface area contributed by atoms with Crippen molar-refractivity contribution in [3.63, 3.8) is 0 Å². The maximum Gasteiger partial charge on any atom is 0.262 e. The lowest BCUT2D eigenvalue weighted by atomic mass is 9.98. The predicted octanol–water partition coefficient (Wildman–Crippen LogP) is 5.77. The van der Waals surface area contributed by atoms with Crippen LogP contribution in [0.1, 0.15) is 30.9 Å². The zero-order valence-electron chi connectivity index (χ0n) is 16.4. The van der Waals surface area contributed by atoms with Crippen molar-refractivity contribution in [2.75, 3.05) is 11.9 Å². The molecule has 0 fully saturated rings. The number of hydrogen-bond acceptors (Lipinski definition) is 2. The van der Waals surface area contributed by atoms with Crippen molar-refractivity contribution >= 4 is 33.4 Å². The number of para-hydroxylation sites is 2. The largest absolute Gasteiger partial charge is 0.484 e. The summed E-state index contributed by atoms with van der Waals surface area (Å²) >= 11 is 0. The van der Waals surface area contributed by atoms with E-state index in [0.717, 1.165) is 33.2 Å². The highest BCUT2D eigenvalue weighted by molar-refractivity contribution is 6.07. The van der Waals surface area contributed by atoms with E-state index >= 15 is 0 Å². The summed E-state index contributed by atoms with van der Waals surface area (Å²) in [6.07, 6.45) is 0. The molecule has 1 aromatic heterocycles. The number of aromatic amines is 1. The molecule has 1 heterocycles. The van der Waals surface area contributed by atoms with Gasteiger partial charge in [0.05, 0.1) is 5.52 Å². The highest BCUT2D eigenvalue weighted by Gasteiger charge is 2.13. The molecule has 0 unspecified atom stereocenters. The van der Waals surface area contributed by atoms with Gasteiger partial charge in [-0.1, -0.05) is 50.2 Å². The molecule has 28 heavy (non-hydrogen) atoms. The Morgan fingerprint density at radius 1 is 1.00 bits per heavy atom. The van der Waals surface area contributed by atoms with Gasteiger partial charge in [-0.15, -0.1) is 0 Å². The zero-order chi connectivity index (χ0) is 19.7. The molecule has 0 atom stereocenters. The van der Waals surface area contributed by atoms with Crippen LogP contribution in [0.4, 0.5) is 5.69 Å². The fourth-order valence-corrected chi connectivity index (χ4v) is 3.59. The van der Waals surface area contributed by atoms with E-state index in [2.05, 4.69) is 42.3 Å². The van der Waals surface area contributed by atoms with E-state index < -0.39 is 0 Å². The molecule has 4 rings (SSSR count). The Bertz CT molecular complexity index is 1160. The Kier molecular flexibility index (Phi) is 4.78. The molecule has 4 heteroatoms. The molecule has 0 saturated carbocycles. The molecule has 142 valence electrons. The zero-order valence-corrected chi connectivity index (χ0v) is 16.4. The van der Waals surface area contributed by atoms with Crippen LogP contribution in [-0.4, -0.2) is 17.5 Å². The first-order valence-electron chi connectivity index (χ1n) is 9.55. The van der Waals surface area contributed by atoms with E-state index in [4.69, 9.17) is 4.74 Å². The number of H-pyrrole nitrogens is 1. The van der Waals surface area contributed by atoms with Crippen molar-refractivity contribution in [2.24, 2.45) is 0 Å². The molecule has 4 nitrogen and oxygen atoms in total. The van der Waals surface area contributed by atoms with Crippen LogP contribution in [0.5, 0.6) is 5.75 Å². The fraction of sp³-hybridized carbons (Fsp3) is 0.208. The van der Waals surface area contributed by atoms with Gasteiger partial charge < -0.3 is 15.0 Å². The van der Waals surface area contributed by atoms with E-state index in [1.807, 2.05) is 49.4 Å². The van der Waals surface area contributed by atoms with Crippen LogP contribution >= 0.6 is 0 Å². The van der Waals surface area contributed by atoms with Crippen LogP contribution in [0.2, 0.25) is 0 Å². The van der Waals surface area contributed by atoms with Gasteiger partial charge in [-0.25, -0.2) is 0 Å². The molecule has 0 aliphatic rings. The monoisotopic (exact) mass is 372 g/mol. The van der Waals surface area contributed by atoms with E-state index in [1.165, 1.54) is 5.39 Å². The van der Waals surface area contributed by atoms with Crippen LogP contribution in [0.15, 0.2) is 60.7 Å². The first-order valence-corrected chi connectivity index (χ1v) is 9.55. The summed E-state index contributed by atoms with van der Waals surface area (Å²) < 4.78 is 5.75. The summed E-state index contributed by atoms with van der Waals surface area (Å²) in [5.41, 5.74) is 5.16.